The molecule has 1 N–H and O–H groups in total. The molecule has 1 saturated heterocycles. The van der Waals surface area contributed by atoms with Crippen LogP contribution in [0.3, 0.4) is 0 Å². The zero-order valence-electron chi connectivity index (χ0n) is 15.4. The molecule has 1 fully saturated rings. The fourth-order valence-corrected chi connectivity index (χ4v) is 3.53. The number of amides is 1. The lowest BCUT2D eigenvalue weighted by molar-refractivity contribution is -0.149. The molecule has 0 saturated carbocycles. The zero-order chi connectivity index (χ0) is 21.1. The zero-order valence-corrected chi connectivity index (χ0v) is 17.7. The van der Waals surface area contributed by atoms with E-state index < -0.39 is 30.2 Å². The molecule has 3 rings (SSSR count). The van der Waals surface area contributed by atoms with Gasteiger partial charge in [0.25, 0.3) is 11.7 Å². The topological polar surface area (TPSA) is 83.9 Å². The lowest BCUT2D eigenvalue weighted by atomic mass is 9.95. The Labute approximate surface area is 180 Å². The van der Waals surface area contributed by atoms with Crippen molar-refractivity contribution in [1.29, 1.82) is 0 Å². The quantitative estimate of drug-likeness (QED) is 0.303. The van der Waals surface area contributed by atoms with E-state index in [1.165, 1.54) is 0 Å². The third kappa shape index (κ3) is 4.36. The summed E-state index contributed by atoms with van der Waals surface area (Å²) in [6.07, 6.45) is 0. The molecule has 8 heteroatoms. The summed E-state index contributed by atoms with van der Waals surface area (Å²) in [5, 5.41) is 11.3. The standard InChI is InChI=1S/C21H17BrClNO5/c1-2-29-16(25)11-24-18(12-3-7-14(22)8-4-12)17(20(27)21(24)28)19(26)13-5-9-15(23)10-6-13/h3-10,18,26H,2,11H2,1H3/b19-17+. The number of benzene rings is 2. The second-order valence-corrected chi connectivity index (χ2v) is 7.64. The lowest BCUT2D eigenvalue weighted by Crippen LogP contribution is -2.35. The summed E-state index contributed by atoms with van der Waals surface area (Å²) in [6, 6.07) is 12.2. The monoisotopic (exact) mass is 477 g/mol. The Morgan fingerprint density at radius 3 is 2.34 bits per heavy atom. The van der Waals surface area contributed by atoms with Gasteiger partial charge < -0.3 is 14.7 Å². The first-order chi connectivity index (χ1) is 13.8. The molecule has 0 bridgehead atoms. The third-order valence-corrected chi connectivity index (χ3v) is 5.23. The number of likely N-dealkylation sites (tertiary alicyclic amines) is 1. The van der Waals surface area contributed by atoms with Gasteiger partial charge in [0.15, 0.2) is 0 Å². The highest BCUT2D eigenvalue weighted by molar-refractivity contribution is 9.10. The fraction of sp³-hybridized carbons (Fsp3) is 0.190. The smallest absolute Gasteiger partial charge is 0.325 e. The number of hydrogen-bond donors (Lipinski definition) is 1. The Balaban J connectivity index is 2.14. The van der Waals surface area contributed by atoms with Crippen molar-refractivity contribution in [3.8, 4) is 0 Å². The third-order valence-electron chi connectivity index (χ3n) is 4.45. The first-order valence-electron chi connectivity index (χ1n) is 8.79. The number of carbonyl (C=O) groups excluding carboxylic acids is 3. The average Bonchev–Trinajstić information content (AvgIpc) is 2.94. The molecule has 29 heavy (non-hydrogen) atoms. The summed E-state index contributed by atoms with van der Waals surface area (Å²) < 4.78 is 5.75. The summed E-state index contributed by atoms with van der Waals surface area (Å²) in [4.78, 5) is 38.6. The molecule has 0 radical (unpaired) electrons. The minimum Gasteiger partial charge on any atom is -0.507 e. The molecular weight excluding hydrogens is 462 g/mol. The molecule has 1 aliphatic rings. The first-order valence-corrected chi connectivity index (χ1v) is 9.96. The maximum atomic E-state index is 12.8. The number of Topliss-reactive ketones (excluding diaryl/α,β-unsaturated/α-hetero) is 1. The Morgan fingerprint density at radius 1 is 1.14 bits per heavy atom. The van der Waals surface area contributed by atoms with E-state index in [1.807, 2.05) is 0 Å². The van der Waals surface area contributed by atoms with E-state index in [0.29, 0.717) is 16.1 Å². The molecule has 2 aromatic rings. The summed E-state index contributed by atoms with van der Waals surface area (Å²) >= 11 is 9.24. The molecule has 1 amide bonds. The number of ketones is 1. The van der Waals surface area contributed by atoms with Crippen LogP contribution in [0.15, 0.2) is 58.6 Å². The molecule has 1 heterocycles. The molecular formula is C21H17BrClNO5. The van der Waals surface area contributed by atoms with Gasteiger partial charge in [-0.15, -0.1) is 0 Å². The van der Waals surface area contributed by atoms with Gasteiger partial charge in [-0.05, 0) is 48.9 Å². The van der Waals surface area contributed by atoms with Crippen LogP contribution in [0.2, 0.25) is 5.02 Å². The normalized spacial score (nSPS) is 18.2. The van der Waals surface area contributed by atoms with E-state index in [4.69, 9.17) is 16.3 Å². The minimum absolute atomic E-state index is 0.0936. The van der Waals surface area contributed by atoms with Crippen LogP contribution in [0.1, 0.15) is 24.1 Å². The SMILES string of the molecule is CCOC(=O)CN1C(=O)C(=O)/C(=C(/O)c2ccc(Cl)cc2)C1c1ccc(Br)cc1. The van der Waals surface area contributed by atoms with Gasteiger partial charge in [0.1, 0.15) is 12.3 Å². The number of carbonyl (C=O) groups is 3. The Morgan fingerprint density at radius 2 is 1.76 bits per heavy atom. The fourth-order valence-electron chi connectivity index (χ4n) is 3.14. The van der Waals surface area contributed by atoms with Gasteiger partial charge >= 0.3 is 5.97 Å². The molecule has 150 valence electrons. The molecule has 0 aromatic heterocycles. The van der Waals surface area contributed by atoms with E-state index in [0.717, 1.165) is 9.37 Å². The predicted octanol–water partition coefficient (Wildman–Crippen LogP) is 4.09. The molecule has 0 aliphatic carbocycles. The average molecular weight is 479 g/mol. The molecule has 1 unspecified atom stereocenters. The van der Waals surface area contributed by atoms with Crippen LogP contribution in [0.5, 0.6) is 0 Å². The highest BCUT2D eigenvalue weighted by Crippen LogP contribution is 2.39. The van der Waals surface area contributed by atoms with Crippen molar-refractivity contribution in [2.45, 2.75) is 13.0 Å². The van der Waals surface area contributed by atoms with Gasteiger partial charge in [0, 0.05) is 15.1 Å². The van der Waals surface area contributed by atoms with E-state index in [9.17, 15) is 19.5 Å². The van der Waals surface area contributed by atoms with Gasteiger partial charge in [-0.3, -0.25) is 14.4 Å². The van der Waals surface area contributed by atoms with E-state index in [1.54, 1.807) is 55.5 Å². The highest BCUT2D eigenvalue weighted by atomic mass is 79.9. The van der Waals surface area contributed by atoms with Crippen LogP contribution in [0, 0.1) is 0 Å². The maximum Gasteiger partial charge on any atom is 0.325 e. The van der Waals surface area contributed by atoms with Gasteiger partial charge in [-0.1, -0.05) is 39.7 Å². The number of halogens is 2. The Bertz CT molecular complexity index is 985. The van der Waals surface area contributed by atoms with Crippen LogP contribution in [0.25, 0.3) is 5.76 Å². The van der Waals surface area contributed by atoms with Crippen molar-refractivity contribution in [2.75, 3.05) is 13.2 Å². The van der Waals surface area contributed by atoms with Crippen molar-refractivity contribution in [3.63, 3.8) is 0 Å². The van der Waals surface area contributed by atoms with Crippen LogP contribution in [-0.4, -0.2) is 40.8 Å². The molecule has 2 aromatic carbocycles. The van der Waals surface area contributed by atoms with Gasteiger partial charge in [0.05, 0.1) is 18.2 Å². The lowest BCUT2D eigenvalue weighted by Gasteiger charge is -2.24. The number of rotatable bonds is 5. The van der Waals surface area contributed by atoms with Gasteiger partial charge in [-0.25, -0.2) is 0 Å². The van der Waals surface area contributed by atoms with Gasteiger partial charge in [0.2, 0.25) is 0 Å². The van der Waals surface area contributed by atoms with Crippen LogP contribution in [0.4, 0.5) is 0 Å². The van der Waals surface area contributed by atoms with E-state index in [-0.39, 0.29) is 17.9 Å². The van der Waals surface area contributed by atoms with E-state index in [2.05, 4.69) is 15.9 Å². The summed E-state index contributed by atoms with van der Waals surface area (Å²) in [5.41, 5.74) is 0.821. The van der Waals surface area contributed by atoms with Crippen LogP contribution in [-0.2, 0) is 19.1 Å². The Kier molecular flexibility index (Phi) is 6.39. The van der Waals surface area contributed by atoms with Gasteiger partial charge in [-0.2, -0.15) is 0 Å². The van der Waals surface area contributed by atoms with Crippen molar-refractivity contribution in [3.05, 3.63) is 74.7 Å². The number of nitrogens with zero attached hydrogens (tertiary/aromatic N) is 1. The Hall–Kier alpha value is -2.64. The highest BCUT2D eigenvalue weighted by Gasteiger charge is 2.46. The molecule has 6 nitrogen and oxygen atoms in total. The molecule has 1 aliphatic heterocycles. The first kappa shape index (κ1) is 21.1. The number of hydrogen-bond acceptors (Lipinski definition) is 5. The second kappa shape index (κ2) is 8.80. The predicted molar refractivity (Wildman–Crippen MR) is 111 cm³/mol. The second-order valence-electron chi connectivity index (χ2n) is 6.29. The number of aliphatic hydroxyl groups excluding tert-OH is 1. The number of esters is 1. The molecule has 1 atom stereocenters. The van der Waals surface area contributed by atoms with Crippen molar-refractivity contribution >= 4 is 50.9 Å². The molecule has 0 spiro atoms. The largest absolute Gasteiger partial charge is 0.507 e. The minimum atomic E-state index is -0.928. The maximum absolute atomic E-state index is 12.8. The summed E-state index contributed by atoms with van der Waals surface area (Å²) in [7, 11) is 0. The van der Waals surface area contributed by atoms with Crippen molar-refractivity contribution in [1.82, 2.24) is 4.90 Å². The summed E-state index contributed by atoms with van der Waals surface area (Å²) in [6.45, 7) is 1.39. The van der Waals surface area contributed by atoms with Crippen LogP contribution >= 0.6 is 27.5 Å². The van der Waals surface area contributed by atoms with Crippen molar-refractivity contribution < 1.29 is 24.2 Å². The number of aliphatic hydroxyl groups is 1. The van der Waals surface area contributed by atoms with Crippen LogP contribution < -0.4 is 0 Å². The summed E-state index contributed by atoms with van der Waals surface area (Å²) in [5.74, 6) is -2.71. The van der Waals surface area contributed by atoms with E-state index >= 15 is 0 Å². The van der Waals surface area contributed by atoms with Crippen molar-refractivity contribution in [2.24, 2.45) is 0 Å². The number of ether oxygens (including phenoxy) is 1.